The predicted octanol–water partition coefficient (Wildman–Crippen LogP) is 6.98. The van der Waals surface area contributed by atoms with E-state index in [0.29, 0.717) is 0 Å². The summed E-state index contributed by atoms with van der Waals surface area (Å²) in [6, 6.07) is 14.2. The van der Waals surface area contributed by atoms with E-state index in [1.54, 1.807) is 0 Å². The first-order valence-electron chi connectivity index (χ1n) is 9.67. The largest absolute Gasteiger partial charge is 0.0946 e. The Kier molecular flexibility index (Phi) is 3.48. The van der Waals surface area contributed by atoms with Crippen molar-refractivity contribution in [2.24, 2.45) is 0 Å². The highest BCUT2D eigenvalue weighted by Crippen LogP contribution is 2.57. The second-order valence-corrected chi connectivity index (χ2v) is 10.1. The summed E-state index contributed by atoms with van der Waals surface area (Å²) in [5.74, 6) is 0.516. The van der Waals surface area contributed by atoms with Crippen molar-refractivity contribution in [1.82, 2.24) is 0 Å². The summed E-state index contributed by atoms with van der Waals surface area (Å²) in [4.78, 5) is 0. The first-order valence-corrected chi connectivity index (χ1v) is 9.67. The molecule has 0 nitrogen and oxygen atoms in total. The lowest BCUT2D eigenvalue weighted by Gasteiger charge is -2.44. The van der Waals surface area contributed by atoms with Crippen LogP contribution in [0.4, 0.5) is 0 Å². The zero-order valence-corrected chi connectivity index (χ0v) is 17.0. The summed E-state index contributed by atoms with van der Waals surface area (Å²) in [6.07, 6.45) is 0. The molecule has 2 bridgehead atoms. The molecule has 0 saturated heterocycles. The lowest BCUT2D eigenvalue weighted by Crippen LogP contribution is -2.29. The van der Waals surface area contributed by atoms with Gasteiger partial charge in [-0.2, -0.15) is 0 Å². The Hall–Kier alpha value is -2.08. The molecule has 2 atom stereocenters. The Balaban J connectivity index is 1.96. The smallest absolute Gasteiger partial charge is 0.0343 e. The Bertz CT molecular complexity index is 861. The van der Waals surface area contributed by atoms with Crippen LogP contribution in [0.5, 0.6) is 0 Å². The van der Waals surface area contributed by atoms with E-state index in [9.17, 15) is 0 Å². The first kappa shape index (κ1) is 17.3. The van der Waals surface area contributed by atoms with Gasteiger partial charge in [0.25, 0.3) is 0 Å². The van der Waals surface area contributed by atoms with Crippen LogP contribution >= 0.6 is 0 Å². The van der Waals surface area contributed by atoms with E-state index in [2.05, 4.69) is 91.1 Å². The topological polar surface area (TPSA) is 0 Å². The molecule has 0 N–H and O–H groups in total. The summed E-state index contributed by atoms with van der Waals surface area (Å²) in [7, 11) is 0. The molecule has 0 amide bonds. The van der Waals surface area contributed by atoms with Crippen LogP contribution in [0.25, 0.3) is 0 Å². The molecule has 0 unspecified atom stereocenters. The second kappa shape index (κ2) is 5.22. The van der Waals surface area contributed by atoms with Crippen LogP contribution in [0.1, 0.15) is 86.8 Å². The zero-order chi connectivity index (χ0) is 19.0. The Morgan fingerprint density at radius 1 is 0.577 bits per heavy atom. The van der Waals surface area contributed by atoms with Gasteiger partial charge in [0.1, 0.15) is 0 Å². The molecule has 3 aliphatic rings. The van der Waals surface area contributed by atoms with Crippen LogP contribution in [0, 0.1) is 0 Å². The van der Waals surface area contributed by atoms with Gasteiger partial charge in [-0.05, 0) is 55.4 Å². The van der Waals surface area contributed by atoms with Gasteiger partial charge < -0.3 is 0 Å². The summed E-state index contributed by atoms with van der Waals surface area (Å²) < 4.78 is 0. The monoisotopic (exact) mass is 342 g/mol. The third kappa shape index (κ3) is 2.35. The molecule has 0 spiro atoms. The van der Waals surface area contributed by atoms with Gasteiger partial charge in [0, 0.05) is 11.8 Å². The molecule has 0 saturated carbocycles. The van der Waals surface area contributed by atoms with Gasteiger partial charge in [-0.25, -0.2) is 0 Å². The minimum absolute atomic E-state index is 0.156. The molecular formula is C26H30. The van der Waals surface area contributed by atoms with Crippen LogP contribution in [0.2, 0.25) is 0 Å². The molecule has 0 aliphatic heterocycles. The van der Waals surface area contributed by atoms with Crippen molar-refractivity contribution in [2.75, 3.05) is 0 Å². The number of hydrogen-bond donors (Lipinski definition) is 0. The van der Waals surface area contributed by atoms with Gasteiger partial charge in [-0.1, -0.05) is 91.1 Å². The van der Waals surface area contributed by atoms with E-state index in [1.165, 1.54) is 44.5 Å². The number of fused-ring (bicyclic) bond motifs is 1. The molecular weight excluding hydrogens is 312 g/mol. The highest BCUT2D eigenvalue weighted by atomic mass is 14.5. The average molecular weight is 343 g/mol. The van der Waals surface area contributed by atoms with Crippen molar-refractivity contribution in [3.05, 3.63) is 94.1 Å². The van der Waals surface area contributed by atoms with Crippen molar-refractivity contribution in [3.63, 3.8) is 0 Å². The van der Waals surface area contributed by atoms with E-state index in [0.717, 1.165) is 0 Å². The predicted molar refractivity (Wildman–Crippen MR) is 112 cm³/mol. The molecule has 0 aromatic heterocycles. The van der Waals surface area contributed by atoms with E-state index < -0.39 is 0 Å². The van der Waals surface area contributed by atoms with Crippen LogP contribution < -0.4 is 0 Å². The van der Waals surface area contributed by atoms with Gasteiger partial charge in [0.2, 0.25) is 0 Å². The first-order chi connectivity index (χ1) is 12.0. The van der Waals surface area contributed by atoms with Gasteiger partial charge in [0.15, 0.2) is 0 Å². The maximum Gasteiger partial charge on any atom is 0.0343 e. The highest BCUT2D eigenvalue weighted by Gasteiger charge is 2.42. The van der Waals surface area contributed by atoms with E-state index >= 15 is 0 Å². The van der Waals surface area contributed by atoms with E-state index in [1.807, 2.05) is 0 Å². The standard InChI is InChI=1S/C26H30/c1-15-16(2)24-20-12-10-17(25(3,4)5)13-21(20)23(15)19-11-9-18(14-22(19)24)26(6,7)8/h9-14,23-24H,1-2H2,3-8H3/t23-,24-/m0/s1. The quantitative estimate of drug-likeness (QED) is 0.484. The molecule has 26 heavy (non-hydrogen) atoms. The number of rotatable bonds is 0. The molecule has 3 aliphatic carbocycles. The molecule has 2 aromatic rings. The summed E-state index contributed by atoms with van der Waals surface area (Å²) >= 11 is 0. The molecule has 2 aromatic carbocycles. The summed E-state index contributed by atoms with van der Waals surface area (Å²) in [5.41, 5.74) is 11.2. The van der Waals surface area contributed by atoms with Gasteiger partial charge >= 0.3 is 0 Å². The molecule has 5 rings (SSSR count). The fourth-order valence-electron chi connectivity index (χ4n) is 4.56. The Morgan fingerprint density at radius 3 is 1.23 bits per heavy atom. The number of allylic oxidation sites excluding steroid dienone is 2. The Labute approximate surface area is 158 Å². The third-order valence-electron chi connectivity index (χ3n) is 6.26. The lowest BCUT2D eigenvalue weighted by molar-refractivity contribution is 0.583. The van der Waals surface area contributed by atoms with E-state index in [-0.39, 0.29) is 22.7 Å². The maximum absolute atomic E-state index is 4.44. The van der Waals surface area contributed by atoms with Crippen molar-refractivity contribution in [1.29, 1.82) is 0 Å². The molecule has 134 valence electrons. The number of hydrogen-bond acceptors (Lipinski definition) is 0. The minimum Gasteiger partial charge on any atom is -0.0946 e. The summed E-state index contributed by atoms with van der Waals surface area (Å²) in [6.45, 7) is 22.6. The van der Waals surface area contributed by atoms with Crippen molar-refractivity contribution in [3.8, 4) is 0 Å². The second-order valence-electron chi connectivity index (χ2n) is 10.1. The molecule has 0 radical (unpaired) electrons. The van der Waals surface area contributed by atoms with Gasteiger partial charge in [-0.3, -0.25) is 0 Å². The summed E-state index contributed by atoms with van der Waals surface area (Å²) in [5, 5.41) is 0. The average Bonchev–Trinajstić information content (AvgIpc) is 2.55. The SMILES string of the molecule is C=C1C(=C)[C@H]2c3ccc(C(C)(C)C)cc3[C@@H]1c1ccc(C(C)(C)C)cc12. The minimum atomic E-state index is 0.156. The van der Waals surface area contributed by atoms with Crippen molar-refractivity contribution in [2.45, 2.75) is 64.2 Å². The van der Waals surface area contributed by atoms with Gasteiger partial charge in [-0.15, -0.1) is 0 Å². The van der Waals surface area contributed by atoms with Crippen molar-refractivity contribution >= 4 is 0 Å². The van der Waals surface area contributed by atoms with Crippen LogP contribution in [-0.4, -0.2) is 0 Å². The molecule has 0 fully saturated rings. The maximum atomic E-state index is 4.44. The van der Waals surface area contributed by atoms with Crippen LogP contribution in [-0.2, 0) is 10.8 Å². The fourth-order valence-corrected chi connectivity index (χ4v) is 4.56. The lowest BCUT2D eigenvalue weighted by atomic mass is 9.59. The zero-order valence-electron chi connectivity index (χ0n) is 17.0. The van der Waals surface area contributed by atoms with Gasteiger partial charge in [0.05, 0.1) is 0 Å². The molecule has 0 heterocycles. The third-order valence-corrected chi connectivity index (χ3v) is 6.26. The van der Waals surface area contributed by atoms with E-state index in [4.69, 9.17) is 0 Å². The van der Waals surface area contributed by atoms with Crippen LogP contribution in [0.3, 0.4) is 0 Å². The normalized spacial score (nSPS) is 21.6. The fraction of sp³-hybridized carbons (Fsp3) is 0.385. The highest BCUT2D eigenvalue weighted by molar-refractivity contribution is 5.70. The molecule has 0 heteroatoms. The van der Waals surface area contributed by atoms with Crippen LogP contribution in [0.15, 0.2) is 60.7 Å². The van der Waals surface area contributed by atoms with Crippen molar-refractivity contribution < 1.29 is 0 Å². The Morgan fingerprint density at radius 2 is 0.923 bits per heavy atom. The number of benzene rings is 2.